The molecule has 2 saturated carbocycles. The number of hydrogen-bond donors (Lipinski definition) is 0. The summed E-state index contributed by atoms with van der Waals surface area (Å²) in [6, 6.07) is 0. The van der Waals surface area contributed by atoms with Gasteiger partial charge in [-0.25, -0.2) is 0 Å². The molecule has 0 radical (unpaired) electrons. The minimum absolute atomic E-state index is 0.0892. The Labute approximate surface area is 73.8 Å². The van der Waals surface area contributed by atoms with Crippen LogP contribution < -0.4 is 0 Å². The SMILES string of the molecule is C=C(C)[C@@H]1CC(=O)[C@]2(C)C[C@@H]2C1. The number of carbonyl (C=O) groups excluding carboxylic acids is 1. The van der Waals surface area contributed by atoms with Gasteiger partial charge >= 0.3 is 0 Å². The molecule has 2 aliphatic carbocycles. The fourth-order valence-corrected chi connectivity index (χ4v) is 2.40. The average Bonchev–Trinajstić information content (AvgIpc) is 2.62. The van der Waals surface area contributed by atoms with Crippen LogP contribution in [0, 0.1) is 17.3 Å². The number of rotatable bonds is 1. The molecule has 0 amide bonds. The Bertz CT molecular complexity index is 254. The van der Waals surface area contributed by atoms with Crippen molar-refractivity contribution in [3.05, 3.63) is 12.2 Å². The Hall–Kier alpha value is -0.590. The fourth-order valence-electron chi connectivity index (χ4n) is 2.40. The normalized spacial score (nSPS) is 45.3. The van der Waals surface area contributed by atoms with Crippen LogP contribution >= 0.6 is 0 Å². The van der Waals surface area contributed by atoms with E-state index in [9.17, 15) is 4.79 Å². The molecule has 1 heteroatoms. The topological polar surface area (TPSA) is 17.1 Å². The molecule has 0 aliphatic heterocycles. The second-order valence-electron chi connectivity index (χ2n) is 4.72. The molecule has 2 aliphatic rings. The third-order valence-electron chi connectivity index (χ3n) is 3.75. The van der Waals surface area contributed by atoms with Crippen molar-refractivity contribution in [1.29, 1.82) is 0 Å². The molecule has 0 saturated heterocycles. The van der Waals surface area contributed by atoms with Gasteiger partial charge in [0.05, 0.1) is 0 Å². The average molecular weight is 164 g/mol. The van der Waals surface area contributed by atoms with Crippen LogP contribution in [-0.2, 0) is 4.79 Å². The summed E-state index contributed by atoms with van der Waals surface area (Å²) >= 11 is 0. The molecule has 0 N–H and O–H groups in total. The Kier molecular flexibility index (Phi) is 1.48. The van der Waals surface area contributed by atoms with Crippen molar-refractivity contribution < 1.29 is 4.79 Å². The Morgan fingerprint density at radius 3 is 2.83 bits per heavy atom. The molecule has 0 aromatic rings. The maximum Gasteiger partial charge on any atom is 0.139 e. The van der Waals surface area contributed by atoms with Gasteiger partial charge in [0.1, 0.15) is 5.78 Å². The monoisotopic (exact) mass is 164 g/mol. The van der Waals surface area contributed by atoms with E-state index in [0.717, 1.165) is 12.8 Å². The van der Waals surface area contributed by atoms with Crippen molar-refractivity contribution in [2.24, 2.45) is 17.3 Å². The second kappa shape index (κ2) is 2.21. The summed E-state index contributed by atoms with van der Waals surface area (Å²) in [6.45, 7) is 8.10. The number of hydrogen-bond acceptors (Lipinski definition) is 1. The summed E-state index contributed by atoms with van der Waals surface area (Å²) in [5.41, 5.74) is 1.28. The van der Waals surface area contributed by atoms with E-state index in [4.69, 9.17) is 0 Å². The lowest BCUT2D eigenvalue weighted by Gasteiger charge is -2.24. The zero-order chi connectivity index (χ0) is 8.93. The lowest BCUT2D eigenvalue weighted by Crippen LogP contribution is -2.25. The highest BCUT2D eigenvalue weighted by molar-refractivity contribution is 5.89. The summed E-state index contributed by atoms with van der Waals surface area (Å²) in [5, 5.41) is 0. The minimum Gasteiger partial charge on any atom is -0.299 e. The molecule has 0 heterocycles. The van der Waals surface area contributed by atoms with E-state index >= 15 is 0 Å². The number of allylic oxidation sites excluding steroid dienone is 1. The molecular formula is C11H16O. The Morgan fingerprint density at radius 2 is 2.33 bits per heavy atom. The number of Topliss-reactive ketones (excluding diaryl/α,β-unsaturated/α-hetero) is 1. The molecule has 66 valence electrons. The quantitative estimate of drug-likeness (QED) is 0.544. The molecule has 2 rings (SSSR count). The fraction of sp³-hybridized carbons (Fsp3) is 0.727. The van der Waals surface area contributed by atoms with E-state index in [0.29, 0.717) is 17.6 Å². The first-order valence-electron chi connectivity index (χ1n) is 4.73. The van der Waals surface area contributed by atoms with Crippen LogP contribution in [0.2, 0.25) is 0 Å². The lowest BCUT2D eigenvalue weighted by atomic mass is 9.79. The maximum absolute atomic E-state index is 11.6. The zero-order valence-electron chi connectivity index (χ0n) is 7.89. The lowest BCUT2D eigenvalue weighted by molar-refractivity contribution is -0.126. The van der Waals surface area contributed by atoms with Crippen molar-refractivity contribution >= 4 is 5.78 Å². The van der Waals surface area contributed by atoms with Gasteiger partial charge in [0, 0.05) is 11.8 Å². The molecule has 0 spiro atoms. The molecule has 0 aromatic heterocycles. The van der Waals surface area contributed by atoms with Gasteiger partial charge in [0.2, 0.25) is 0 Å². The summed E-state index contributed by atoms with van der Waals surface area (Å²) < 4.78 is 0. The summed E-state index contributed by atoms with van der Waals surface area (Å²) in [4.78, 5) is 11.6. The highest BCUT2D eigenvalue weighted by atomic mass is 16.1. The van der Waals surface area contributed by atoms with E-state index in [2.05, 4.69) is 13.5 Å². The number of carbonyl (C=O) groups is 1. The summed E-state index contributed by atoms with van der Waals surface area (Å²) in [7, 11) is 0. The molecular weight excluding hydrogens is 148 g/mol. The van der Waals surface area contributed by atoms with E-state index < -0.39 is 0 Å². The van der Waals surface area contributed by atoms with Gasteiger partial charge in [0.15, 0.2) is 0 Å². The van der Waals surface area contributed by atoms with E-state index in [1.165, 1.54) is 12.0 Å². The van der Waals surface area contributed by atoms with Crippen LogP contribution in [0.25, 0.3) is 0 Å². The summed E-state index contributed by atoms with van der Waals surface area (Å²) in [6.07, 6.45) is 3.09. The largest absolute Gasteiger partial charge is 0.299 e. The molecule has 3 atom stereocenters. The molecule has 12 heavy (non-hydrogen) atoms. The van der Waals surface area contributed by atoms with Gasteiger partial charge in [0.25, 0.3) is 0 Å². The Morgan fingerprint density at radius 1 is 1.67 bits per heavy atom. The molecule has 1 nitrogen and oxygen atoms in total. The van der Waals surface area contributed by atoms with E-state index in [-0.39, 0.29) is 5.41 Å². The highest BCUT2D eigenvalue weighted by Gasteiger charge is 2.58. The van der Waals surface area contributed by atoms with Crippen molar-refractivity contribution in [1.82, 2.24) is 0 Å². The minimum atomic E-state index is 0.0892. The smallest absolute Gasteiger partial charge is 0.139 e. The first-order chi connectivity index (χ1) is 5.54. The third-order valence-corrected chi connectivity index (χ3v) is 3.75. The first kappa shape index (κ1) is 8.03. The van der Waals surface area contributed by atoms with Gasteiger partial charge in [-0.15, -0.1) is 0 Å². The predicted octanol–water partition coefficient (Wildman–Crippen LogP) is 2.57. The summed E-state index contributed by atoms with van der Waals surface area (Å²) in [5.74, 6) is 1.64. The molecule has 0 aromatic carbocycles. The highest BCUT2D eigenvalue weighted by Crippen LogP contribution is 2.60. The van der Waals surface area contributed by atoms with Crippen LogP contribution in [0.5, 0.6) is 0 Å². The van der Waals surface area contributed by atoms with Crippen molar-refractivity contribution in [3.63, 3.8) is 0 Å². The van der Waals surface area contributed by atoms with Crippen molar-refractivity contribution in [3.8, 4) is 0 Å². The molecule has 2 fully saturated rings. The zero-order valence-corrected chi connectivity index (χ0v) is 7.89. The second-order valence-corrected chi connectivity index (χ2v) is 4.72. The van der Waals surface area contributed by atoms with Gasteiger partial charge in [-0.2, -0.15) is 0 Å². The van der Waals surface area contributed by atoms with Crippen LogP contribution in [-0.4, -0.2) is 5.78 Å². The van der Waals surface area contributed by atoms with Gasteiger partial charge in [-0.3, -0.25) is 4.79 Å². The van der Waals surface area contributed by atoms with Crippen LogP contribution in [0.3, 0.4) is 0 Å². The number of ketones is 1. The van der Waals surface area contributed by atoms with E-state index in [1.54, 1.807) is 0 Å². The predicted molar refractivity (Wildman–Crippen MR) is 48.8 cm³/mol. The molecule has 0 bridgehead atoms. The van der Waals surface area contributed by atoms with Gasteiger partial charge < -0.3 is 0 Å². The standard InChI is InChI=1S/C11H16O/c1-7(2)8-4-9-6-11(9,3)10(12)5-8/h8-9H,1,4-6H2,2-3H3/t8-,9-,11+/m0/s1. The Balaban J connectivity index is 2.12. The van der Waals surface area contributed by atoms with Gasteiger partial charge in [-0.05, 0) is 31.6 Å². The third kappa shape index (κ3) is 0.954. The molecule has 0 unspecified atom stereocenters. The van der Waals surface area contributed by atoms with Crippen LogP contribution in [0.4, 0.5) is 0 Å². The van der Waals surface area contributed by atoms with E-state index in [1.807, 2.05) is 6.92 Å². The van der Waals surface area contributed by atoms with Crippen molar-refractivity contribution in [2.45, 2.75) is 33.1 Å². The van der Waals surface area contributed by atoms with Crippen LogP contribution in [0.15, 0.2) is 12.2 Å². The van der Waals surface area contributed by atoms with Gasteiger partial charge in [-0.1, -0.05) is 19.1 Å². The first-order valence-corrected chi connectivity index (χ1v) is 4.73. The van der Waals surface area contributed by atoms with Crippen LogP contribution in [0.1, 0.15) is 33.1 Å². The van der Waals surface area contributed by atoms with Crippen molar-refractivity contribution in [2.75, 3.05) is 0 Å². The number of fused-ring (bicyclic) bond motifs is 1. The maximum atomic E-state index is 11.6.